The number of para-hydroxylation sites is 2. The summed E-state index contributed by atoms with van der Waals surface area (Å²) in [5, 5.41) is 4.04. The molecule has 0 aliphatic rings. The van der Waals surface area contributed by atoms with Crippen LogP contribution in [0.25, 0.3) is 77.2 Å². The Bertz CT molecular complexity index is 3110. The van der Waals surface area contributed by atoms with Crippen molar-refractivity contribution in [2.75, 3.05) is 4.90 Å². The summed E-state index contributed by atoms with van der Waals surface area (Å²) in [6.45, 7) is 0. The van der Waals surface area contributed by atoms with Crippen LogP contribution in [0.4, 0.5) is 17.1 Å². The summed E-state index contributed by atoms with van der Waals surface area (Å²) in [5.74, 6) is 0. The molecule has 0 saturated carbocycles. The van der Waals surface area contributed by atoms with Crippen molar-refractivity contribution in [3.63, 3.8) is 0 Å². The third-order valence-electron chi connectivity index (χ3n) is 10.2. The van der Waals surface area contributed by atoms with Crippen molar-refractivity contribution in [3.8, 4) is 44.5 Å². The molecule has 0 spiro atoms. The van der Waals surface area contributed by atoms with Crippen LogP contribution in [0.2, 0.25) is 0 Å². The molecule has 0 amide bonds. The molecule has 0 aliphatic carbocycles. The summed E-state index contributed by atoms with van der Waals surface area (Å²) in [6, 6.07) is 61.9. The fourth-order valence-corrected chi connectivity index (χ4v) is 7.52. The molecule has 0 saturated heterocycles. The molecular weight excluding hydrogens is 655 g/mol. The molecule has 0 radical (unpaired) electrons. The van der Waals surface area contributed by atoms with Crippen LogP contribution in [0.15, 0.2) is 217 Å². The lowest BCUT2D eigenvalue weighted by atomic mass is 9.94. The summed E-state index contributed by atoms with van der Waals surface area (Å²) in [5.41, 5.74) is 9.97. The maximum Gasteiger partial charge on any atom is 0.143 e. The third-order valence-corrected chi connectivity index (χ3v) is 10.2. The van der Waals surface area contributed by atoms with E-state index in [2.05, 4.69) is 48.5 Å². The van der Waals surface area contributed by atoms with Gasteiger partial charge in [-0.2, -0.15) is 0 Å². The second-order valence-corrected chi connectivity index (χ2v) is 13.4. The first-order valence-corrected chi connectivity index (χ1v) is 18.1. The molecule has 9 aromatic carbocycles. The van der Waals surface area contributed by atoms with Crippen LogP contribution in [0.1, 0.15) is 5.48 Å². The standard InChI is InChI=1S/C52H35NO/c1-3-12-36(13-4-1)38-22-24-39(25-23-38)41-28-33-44(34-29-41)53(43-31-26-40(27-32-43)37-14-5-2-6-15-37)49-20-9-7-17-45(49)47-19-11-16-42-30-35-48-46-18-8-10-21-50(46)54-52(48)51(42)47/h1-35H/i28D,29D,33D,34D. The Balaban J connectivity index is 1.19. The Morgan fingerprint density at radius 2 is 0.926 bits per heavy atom. The van der Waals surface area contributed by atoms with E-state index in [4.69, 9.17) is 4.42 Å². The fraction of sp³-hybridized carbons (Fsp3) is 0. The molecular formula is C52H35NO. The summed E-state index contributed by atoms with van der Waals surface area (Å²) in [7, 11) is 0. The first-order chi connectivity index (χ1) is 28.5. The number of rotatable bonds is 7. The second kappa shape index (κ2) is 13.4. The van der Waals surface area contributed by atoms with E-state index in [1.54, 1.807) is 0 Å². The van der Waals surface area contributed by atoms with Crippen molar-refractivity contribution in [1.82, 2.24) is 0 Å². The zero-order valence-electron chi connectivity index (χ0n) is 33.3. The minimum absolute atomic E-state index is 0.110. The predicted octanol–water partition coefficient (Wildman–Crippen LogP) is 14.9. The molecule has 0 fully saturated rings. The zero-order valence-corrected chi connectivity index (χ0v) is 29.3. The van der Waals surface area contributed by atoms with Crippen molar-refractivity contribution in [2.45, 2.75) is 0 Å². The Morgan fingerprint density at radius 1 is 0.370 bits per heavy atom. The van der Waals surface area contributed by atoms with Gasteiger partial charge >= 0.3 is 0 Å². The van der Waals surface area contributed by atoms with Gasteiger partial charge in [0.25, 0.3) is 0 Å². The van der Waals surface area contributed by atoms with Crippen LogP contribution in [0, 0.1) is 0 Å². The highest BCUT2D eigenvalue weighted by Gasteiger charge is 2.21. The number of hydrogen-bond donors (Lipinski definition) is 0. The lowest BCUT2D eigenvalue weighted by molar-refractivity contribution is 0.673. The Labute approximate surface area is 320 Å². The van der Waals surface area contributed by atoms with Gasteiger partial charge in [-0.25, -0.2) is 0 Å². The predicted molar refractivity (Wildman–Crippen MR) is 228 cm³/mol. The van der Waals surface area contributed by atoms with Crippen LogP contribution in [-0.4, -0.2) is 0 Å². The smallest absolute Gasteiger partial charge is 0.143 e. The molecule has 0 bridgehead atoms. The number of furan rings is 1. The molecule has 10 aromatic rings. The normalized spacial score (nSPS) is 12.4. The molecule has 0 unspecified atom stereocenters. The zero-order chi connectivity index (χ0) is 39.3. The molecule has 0 atom stereocenters. The molecule has 10 rings (SSSR count). The average Bonchev–Trinajstić information content (AvgIpc) is 3.67. The summed E-state index contributed by atoms with van der Waals surface area (Å²) in [6.07, 6.45) is 0. The minimum Gasteiger partial charge on any atom is -0.455 e. The minimum atomic E-state index is -0.136. The van der Waals surface area contributed by atoms with Gasteiger partial charge in [0.2, 0.25) is 0 Å². The van der Waals surface area contributed by atoms with Gasteiger partial charge in [-0.1, -0.05) is 170 Å². The van der Waals surface area contributed by atoms with E-state index in [0.717, 1.165) is 66.1 Å². The van der Waals surface area contributed by atoms with E-state index in [9.17, 15) is 5.48 Å². The average molecular weight is 694 g/mol. The Morgan fingerprint density at radius 3 is 1.63 bits per heavy atom. The van der Waals surface area contributed by atoms with Crippen molar-refractivity contribution in [1.29, 1.82) is 0 Å². The van der Waals surface area contributed by atoms with Crippen LogP contribution in [0.5, 0.6) is 0 Å². The van der Waals surface area contributed by atoms with Crippen LogP contribution in [0.3, 0.4) is 0 Å². The molecule has 1 aromatic heterocycles. The number of anilines is 3. The van der Waals surface area contributed by atoms with Gasteiger partial charge in [0.1, 0.15) is 11.2 Å². The lowest BCUT2D eigenvalue weighted by Gasteiger charge is -2.28. The van der Waals surface area contributed by atoms with E-state index >= 15 is 0 Å². The maximum atomic E-state index is 9.63. The third kappa shape index (κ3) is 5.62. The first-order valence-electron chi connectivity index (χ1n) is 20.1. The molecule has 0 N–H and O–H groups in total. The van der Waals surface area contributed by atoms with E-state index in [1.165, 1.54) is 0 Å². The van der Waals surface area contributed by atoms with E-state index < -0.39 is 0 Å². The van der Waals surface area contributed by atoms with Gasteiger partial charge in [-0.3, -0.25) is 0 Å². The van der Waals surface area contributed by atoms with Gasteiger partial charge in [0.05, 0.1) is 11.2 Å². The molecule has 2 heteroatoms. The topological polar surface area (TPSA) is 16.4 Å². The van der Waals surface area contributed by atoms with Crippen molar-refractivity contribution in [2.24, 2.45) is 0 Å². The van der Waals surface area contributed by atoms with Gasteiger partial charge in [-0.05, 0) is 86.7 Å². The molecule has 0 aliphatic heterocycles. The van der Waals surface area contributed by atoms with Crippen LogP contribution in [-0.2, 0) is 0 Å². The maximum absolute atomic E-state index is 9.63. The molecule has 2 nitrogen and oxygen atoms in total. The van der Waals surface area contributed by atoms with Crippen LogP contribution < -0.4 is 4.90 Å². The Kier molecular flexibility index (Phi) is 6.84. The number of hydrogen-bond acceptors (Lipinski definition) is 2. The van der Waals surface area contributed by atoms with Gasteiger partial charge in [-0.15, -0.1) is 0 Å². The van der Waals surface area contributed by atoms with Crippen LogP contribution >= 0.6 is 0 Å². The lowest BCUT2D eigenvalue weighted by Crippen LogP contribution is -2.11. The van der Waals surface area contributed by atoms with Crippen molar-refractivity contribution >= 4 is 49.8 Å². The van der Waals surface area contributed by atoms with Gasteiger partial charge in [0.15, 0.2) is 0 Å². The fourth-order valence-electron chi connectivity index (χ4n) is 7.52. The highest BCUT2D eigenvalue weighted by atomic mass is 16.3. The Hall–Kier alpha value is -7.16. The largest absolute Gasteiger partial charge is 0.455 e. The number of fused-ring (bicyclic) bond motifs is 5. The van der Waals surface area contributed by atoms with E-state index in [0.29, 0.717) is 16.9 Å². The highest BCUT2D eigenvalue weighted by Crippen LogP contribution is 2.45. The van der Waals surface area contributed by atoms with Crippen molar-refractivity contribution < 1.29 is 9.90 Å². The quantitative estimate of drug-likeness (QED) is 0.165. The van der Waals surface area contributed by atoms with Gasteiger partial charge in [0, 0.05) is 33.1 Å². The van der Waals surface area contributed by atoms with Crippen molar-refractivity contribution in [3.05, 3.63) is 212 Å². The number of benzene rings is 9. The molecule has 54 heavy (non-hydrogen) atoms. The summed E-state index contributed by atoms with van der Waals surface area (Å²) in [4.78, 5) is 1.88. The first kappa shape index (κ1) is 27.5. The number of nitrogens with zero attached hydrogens (tertiary/aromatic N) is 1. The van der Waals surface area contributed by atoms with E-state index in [1.807, 2.05) is 144 Å². The van der Waals surface area contributed by atoms with Gasteiger partial charge < -0.3 is 9.32 Å². The monoisotopic (exact) mass is 693 g/mol. The summed E-state index contributed by atoms with van der Waals surface area (Å²) < 4.78 is 44.7. The summed E-state index contributed by atoms with van der Waals surface area (Å²) >= 11 is 0. The highest BCUT2D eigenvalue weighted by molar-refractivity contribution is 6.19. The SMILES string of the molecule is [2H]c1c([2H])c(N(c2ccc(-c3ccccc3)cc2)c2ccccc2-c2cccc3ccc4c5ccccc5oc4c23)c([2H])c([2H])c1-c1ccc(-c2ccccc2)cc1. The second-order valence-electron chi connectivity index (χ2n) is 13.4. The van der Waals surface area contributed by atoms with E-state index in [-0.39, 0.29) is 35.4 Å². The molecule has 254 valence electrons. The molecule has 1 heterocycles.